The van der Waals surface area contributed by atoms with Gasteiger partial charge in [-0.25, -0.2) is 0 Å². The van der Waals surface area contributed by atoms with Gasteiger partial charge in [-0.15, -0.1) is 12.4 Å². The molecule has 0 unspecified atom stereocenters. The van der Waals surface area contributed by atoms with Gasteiger partial charge in [-0.1, -0.05) is 0 Å². The molecule has 0 spiro atoms. The number of carboxylic acid groups (broad SMARTS) is 1. The highest BCUT2D eigenvalue weighted by atomic mass is 35.5. The second-order valence-corrected chi connectivity index (χ2v) is 1.67. The van der Waals surface area contributed by atoms with Gasteiger partial charge in [-0.2, -0.15) is 11.8 Å². The van der Waals surface area contributed by atoms with Gasteiger partial charge >= 0.3 is 0 Å². The Hall–Kier alpha value is 0.110. The van der Waals surface area contributed by atoms with Crippen LogP contribution in [0.25, 0.3) is 0 Å². The number of carboxylic acids is 1. The molecule has 0 heterocycles. The fourth-order valence-corrected chi connectivity index (χ4v) is 0.354. The summed E-state index contributed by atoms with van der Waals surface area (Å²) in [7, 11) is 0. The van der Waals surface area contributed by atoms with E-state index in [0.717, 1.165) is 0 Å². The molecule has 0 saturated carbocycles. The van der Waals surface area contributed by atoms with Gasteiger partial charge in [0.2, 0.25) is 0 Å². The van der Waals surface area contributed by atoms with Gasteiger partial charge in [0.25, 0.3) is 0 Å². The van der Waals surface area contributed by atoms with E-state index in [1.807, 2.05) is 0 Å². The molecule has 0 saturated heterocycles. The molecule has 0 fully saturated rings. The van der Waals surface area contributed by atoms with Crippen LogP contribution in [0.15, 0.2) is 0 Å². The average molecular weight is 142 g/mol. The number of carbonyl (C=O) groups is 1. The molecule has 0 aliphatic heterocycles. The van der Waals surface area contributed by atoms with Gasteiger partial charge in [0.05, 0.1) is 5.97 Å². The molecule has 0 aliphatic rings. The first kappa shape index (κ1) is 10.2. The van der Waals surface area contributed by atoms with Gasteiger partial charge in [-0.3, -0.25) is 0 Å². The van der Waals surface area contributed by atoms with Crippen molar-refractivity contribution in [3.63, 3.8) is 0 Å². The number of hydrogen-bond donors (Lipinski definition) is 0. The van der Waals surface area contributed by atoms with Crippen molar-refractivity contribution in [1.29, 1.82) is 0 Å². The van der Waals surface area contributed by atoms with E-state index >= 15 is 0 Å². The topological polar surface area (TPSA) is 40.1 Å². The number of rotatable bonds is 2. The molecule has 4 heteroatoms. The Kier molecular flexibility index (Phi) is 8.87. The minimum atomic E-state index is -0.998. The van der Waals surface area contributed by atoms with Crippen molar-refractivity contribution in [1.82, 2.24) is 0 Å². The Balaban J connectivity index is 0. The fraction of sp³-hybridized carbons (Fsp3) is 0.667. The summed E-state index contributed by atoms with van der Waals surface area (Å²) >= 11 is 1.25. The smallest absolute Gasteiger partial charge is 0.0513 e. The first-order valence-electron chi connectivity index (χ1n) is 1.46. The van der Waals surface area contributed by atoms with Gasteiger partial charge in [0, 0.05) is 5.75 Å². The van der Waals surface area contributed by atoms with Crippen LogP contribution < -0.4 is 5.11 Å². The molecule has 0 amide bonds. The van der Waals surface area contributed by atoms with Crippen molar-refractivity contribution in [3.8, 4) is 0 Å². The van der Waals surface area contributed by atoms with Crippen molar-refractivity contribution in [3.05, 3.63) is 0 Å². The molecule has 0 aromatic carbocycles. The van der Waals surface area contributed by atoms with Crippen LogP contribution in [0, 0.1) is 0 Å². The maximum Gasteiger partial charge on any atom is 0.0513 e. The monoisotopic (exact) mass is 141 g/mol. The number of aliphatic carboxylic acids is 1. The summed E-state index contributed by atoms with van der Waals surface area (Å²) in [5, 5.41) is 9.47. The Bertz CT molecular complexity index is 56.9. The van der Waals surface area contributed by atoms with Crippen molar-refractivity contribution in [2.45, 2.75) is 0 Å². The van der Waals surface area contributed by atoms with Crippen LogP contribution in [0.2, 0.25) is 0 Å². The number of thioether (sulfide) groups is 1. The Morgan fingerprint density at radius 1 is 1.86 bits per heavy atom. The van der Waals surface area contributed by atoms with Crippen LogP contribution in [0.4, 0.5) is 0 Å². The Labute approximate surface area is 52.7 Å². The average Bonchev–Trinajstić information content (AvgIpc) is 1.35. The first-order valence-corrected chi connectivity index (χ1v) is 2.85. The fourth-order valence-electron chi connectivity index (χ4n) is 0.118. The predicted octanol–water partition coefficient (Wildman–Crippen LogP) is -0.479. The summed E-state index contributed by atoms with van der Waals surface area (Å²) in [5.41, 5.74) is 0. The molecular weight excluding hydrogens is 136 g/mol. The highest BCUT2D eigenvalue weighted by Crippen LogP contribution is 1.85. The van der Waals surface area contributed by atoms with Crippen molar-refractivity contribution < 1.29 is 9.90 Å². The van der Waals surface area contributed by atoms with Gasteiger partial charge in [0.1, 0.15) is 0 Å². The van der Waals surface area contributed by atoms with Crippen LogP contribution in [0.3, 0.4) is 0 Å². The van der Waals surface area contributed by atoms with Crippen molar-refractivity contribution in [2.75, 3.05) is 12.0 Å². The van der Waals surface area contributed by atoms with Gasteiger partial charge in [0.15, 0.2) is 0 Å². The summed E-state index contributed by atoms with van der Waals surface area (Å²) in [6.07, 6.45) is 1.72. The third-order valence-corrected chi connectivity index (χ3v) is 0.787. The van der Waals surface area contributed by atoms with Crippen molar-refractivity contribution >= 4 is 30.1 Å². The van der Waals surface area contributed by atoms with Gasteiger partial charge in [-0.05, 0) is 6.26 Å². The van der Waals surface area contributed by atoms with Crippen LogP contribution >= 0.6 is 24.2 Å². The lowest BCUT2D eigenvalue weighted by molar-refractivity contribution is -0.301. The molecule has 2 nitrogen and oxygen atoms in total. The maximum absolute atomic E-state index is 9.47. The third kappa shape index (κ3) is 10.7. The van der Waals surface area contributed by atoms with Crippen LogP contribution in [0.5, 0.6) is 0 Å². The van der Waals surface area contributed by atoms with Gasteiger partial charge < -0.3 is 9.90 Å². The summed E-state index contributed by atoms with van der Waals surface area (Å²) in [4.78, 5) is 9.47. The lowest BCUT2D eigenvalue weighted by atomic mass is 10.8. The summed E-state index contributed by atoms with van der Waals surface area (Å²) in [6, 6.07) is 0. The SMILES string of the molecule is CSCC(=O)[O-].Cl. The molecule has 0 aromatic heterocycles. The quantitative estimate of drug-likeness (QED) is 0.522. The molecule has 0 rings (SSSR count). The molecule has 0 aromatic rings. The number of carbonyl (C=O) groups excluding carboxylic acids is 1. The molecule has 0 aliphatic carbocycles. The molecule has 0 radical (unpaired) electrons. The zero-order valence-electron chi connectivity index (χ0n) is 3.84. The van der Waals surface area contributed by atoms with Crippen LogP contribution in [-0.4, -0.2) is 18.0 Å². The minimum Gasteiger partial charge on any atom is -0.549 e. The third-order valence-electron chi connectivity index (χ3n) is 0.262. The van der Waals surface area contributed by atoms with Crippen molar-refractivity contribution in [2.24, 2.45) is 0 Å². The van der Waals surface area contributed by atoms with E-state index in [0.29, 0.717) is 0 Å². The van der Waals surface area contributed by atoms with E-state index in [1.165, 1.54) is 11.8 Å². The summed E-state index contributed by atoms with van der Waals surface area (Å²) < 4.78 is 0. The molecular formula is C3H6ClO2S-. The summed E-state index contributed by atoms with van der Waals surface area (Å²) in [6.45, 7) is 0. The molecule has 7 heavy (non-hydrogen) atoms. The number of hydrogen-bond acceptors (Lipinski definition) is 3. The number of halogens is 1. The first-order chi connectivity index (χ1) is 2.77. The standard InChI is InChI=1S/C3H6O2S.ClH/c1-6-2-3(4)5;/h2H2,1H3,(H,4,5);1H/p-1. The van der Waals surface area contributed by atoms with E-state index in [4.69, 9.17) is 0 Å². The molecule has 0 bridgehead atoms. The zero-order valence-corrected chi connectivity index (χ0v) is 5.47. The second kappa shape index (κ2) is 6.11. The lowest BCUT2D eigenvalue weighted by Gasteiger charge is -1.92. The Morgan fingerprint density at radius 3 is 2.29 bits per heavy atom. The van der Waals surface area contributed by atoms with E-state index in [1.54, 1.807) is 6.26 Å². The molecule has 0 atom stereocenters. The van der Waals surface area contributed by atoms with Crippen LogP contribution in [0.1, 0.15) is 0 Å². The highest BCUT2D eigenvalue weighted by Gasteiger charge is 1.75. The molecule has 44 valence electrons. The second-order valence-electron chi connectivity index (χ2n) is 0.805. The normalized spacial score (nSPS) is 7.00. The van der Waals surface area contributed by atoms with E-state index in [9.17, 15) is 9.90 Å². The lowest BCUT2D eigenvalue weighted by Crippen LogP contribution is -2.24. The highest BCUT2D eigenvalue weighted by molar-refractivity contribution is 7.99. The maximum atomic E-state index is 9.47. The van der Waals surface area contributed by atoms with Crippen LogP contribution in [-0.2, 0) is 4.79 Å². The minimum absolute atomic E-state index is 0. The Morgan fingerprint density at radius 2 is 2.29 bits per heavy atom. The molecule has 0 N–H and O–H groups in total. The summed E-state index contributed by atoms with van der Waals surface area (Å²) in [5.74, 6) is -0.900. The zero-order chi connectivity index (χ0) is 4.99. The predicted molar refractivity (Wildman–Crippen MR) is 30.6 cm³/mol. The van der Waals surface area contributed by atoms with E-state index in [2.05, 4.69) is 0 Å². The van der Waals surface area contributed by atoms with E-state index < -0.39 is 5.97 Å². The van der Waals surface area contributed by atoms with E-state index in [-0.39, 0.29) is 18.2 Å². The largest absolute Gasteiger partial charge is 0.549 e.